The van der Waals surface area contributed by atoms with Crippen molar-refractivity contribution in [2.45, 2.75) is 27.2 Å². The SMILES string of the molecule is CCC(C)CNc1ccc(NS(C)(=O)=O)c(C)c1. The van der Waals surface area contributed by atoms with Gasteiger partial charge >= 0.3 is 0 Å². The maximum atomic E-state index is 11.2. The molecule has 0 spiro atoms. The minimum Gasteiger partial charge on any atom is -0.385 e. The lowest BCUT2D eigenvalue weighted by atomic mass is 10.1. The minimum absolute atomic E-state index is 0.624. The molecule has 4 nitrogen and oxygen atoms in total. The minimum atomic E-state index is -3.21. The van der Waals surface area contributed by atoms with Gasteiger partial charge in [-0.1, -0.05) is 20.3 Å². The van der Waals surface area contributed by atoms with Gasteiger partial charge in [0.25, 0.3) is 0 Å². The standard InChI is InChI=1S/C13H22N2O2S/c1-5-10(2)9-14-12-6-7-13(11(3)8-12)15-18(4,16)17/h6-8,10,14-15H,5,9H2,1-4H3. The summed E-state index contributed by atoms with van der Waals surface area (Å²) in [5.74, 6) is 0.624. The van der Waals surface area contributed by atoms with Crippen LogP contribution in [0.15, 0.2) is 18.2 Å². The molecule has 1 unspecified atom stereocenters. The first-order chi connectivity index (χ1) is 8.31. The Bertz CT molecular complexity index is 498. The highest BCUT2D eigenvalue weighted by molar-refractivity contribution is 7.92. The monoisotopic (exact) mass is 270 g/mol. The molecular formula is C13H22N2O2S. The summed E-state index contributed by atoms with van der Waals surface area (Å²) in [5.41, 5.74) is 2.56. The van der Waals surface area contributed by atoms with Crippen molar-refractivity contribution in [1.82, 2.24) is 0 Å². The summed E-state index contributed by atoms with van der Waals surface area (Å²) in [6.07, 6.45) is 2.29. The second-order valence-corrected chi connectivity index (χ2v) is 6.55. The van der Waals surface area contributed by atoms with E-state index in [4.69, 9.17) is 0 Å². The number of hydrogen-bond donors (Lipinski definition) is 2. The van der Waals surface area contributed by atoms with Crippen LogP contribution in [0.4, 0.5) is 11.4 Å². The van der Waals surface area contributed by atoms with E-state index in [2.05, 4.69) is 23.9 Å². The van der Waals surface area contributed by atoms with Crippen molar-refractivity contribution in [2.24, 2.45) is 5.92 Å². The van der Waals surface area contributed by atoms with Gasteiger partial charge in [-0.15, -0.1) is 0 Å². The molecule has 0 heterocycles. The first-order valence-electron chi connectivity index (χ1n) is 6.14. The summed E-state index contributed by atoms with van der Waals surface area (Å²) in [5, 5.41) is 3.35. The van der Waals surface area contributed by atoms with Gasteiger partial charge in [0.1, 0.15) is 0 Å². The third-order valence-electron chi connectivity index (χ3n) is 2.87. The van der Waals surface area contributed by atoms with E-state index in [0.717, 1.165) is 30.5 Å². The number of anilines is 2. The summed E-state index contributed by atoms with van der Waals surface area (Å²) < 4.78 is 24.8. The molecule has 5 heteroatoms. The van der Waals surface area contributed by atoms with Crippen LogP contribution in [0, 0.1) is 12.8 Å². The molecule has 0 amide bonds. The van der Waals surface area contributed by atoms with Crippen LogP contribution in [0.1, 0.15) is 25.8 Å². The van der Waals surface area contributed by atoms with Crippen LogP contribution in [0.3, 0.4) is 0 Å². The summed E-state index contributed by atoms with van der Waals surface area (Å²) in [6.45, 7) is 7.17. The highest BCUT2D eigenvalue weighted by atomic mass is 32.2. The Morgan fingerprint density at radius 1 is 1.33 bits per heavy atom. The van der Waals surface area contributed by atoms with Crippen LogP contribution in [0.5, 0.6) is 0 Å². The largest absolute Gasteiger partial charge is 0.385 e. The van der Waals surface area contributed by atoms with Gasteiger partial charge in [0, 0.05) is 12.2 Å². The molecule has 1 aromatic carbocycles. The van der Waals surface area contributed by atoms with Crippen LogP contribution < -0.4 is 10.0 Å². The van der Waals surface area contributed by atoms with Gasteiger partial charge in [-0.2, -0.15) is 0 Å². The molecule has 0 saturated heterocycles. The fourth-order valence-electron chi connectivity index (χ4n) is 1.52. The Balaban J connectivity index is 2.73. The van der Waals surface area contributed by atoms with Crippen molar-refractivity contribution in [1.29, 1.82) is 0 Å². The zero-order valence-electron chi connectivity index (χ0n) is 11.4. The quantitative estimate of drug-likeness (QED) is 0.835. The van der Waals surface area contributed by atoms with E-state index in [1.165, 1.54) is 0 Å². The van der Waals surface area contributed by atoms with Crippen molar-refractivity contribution in [3.63, 3.8) is 0 Å². The first kappa shape index (κ1) is 14.8. The predicted octanol–water partition coefficient (Wildman–Crippen LogP) is 2.82. The van der Waals surface area contributed by atoms with Crippen LogP contribution >= 0.6 is 0 Å². The van der Waals surface area contributed by atoms with E-state index < -0.39 is 10.0 Å². The molecule has 0 aromatic heterocycles. The Kier molecular flexibility index (Phi) is 5.02. The molecule has 1 atom stereocenters. The van der Waals surface area contributed by atoms with E-state index in [9.17, 15) is 8.42 Å². The topological polar surface area (TPSA) is 58.2 Å². The average Bonchev–Trinajstić information content (AvgIpc) is 2.27. The molecule has 0 aliphatic rings. The van der Waals surface area contributed by atoms with Gasteiger partial charge < -0.3 is 5.32 Å². The highest BCUT2D eigenvalue weighted by Gasteiger charge is 2.06. The van der Waals surface area contributed by atoms with E-state index >= 15 is 0 Å². The lowest BCUT2D eigenvalue weighted by molar-refractivity contribution is 0.593. The number of aryl methyl sites for hydroxylation is 1. The van der Waals surface area contributed by atoms with Crippen molar-refractivity contribution in [3.8, 4) is 0 Å². The molecule has 2 N–H and O–H groups in total. The number of rotatable bonds is 6. The maximum absolute atomic E-state index is 11.2. The molecule has 0 saturated carbocycles. The van der Waals surface area contributed by atoms with E-state index in [-0.39, 0.29) is 0 Å². The van der Waals surface area contributed by atoms with Crippen LogP contribution in [-0.4, -0.2) is 21.2 Å². The molecule has 0 bridgehead atoms. The Labute approximate surface area is 110 Å². The number of sulfonamides is 1. The van der Waals surface area contributed by atoms with Crippen LogP contribution in [-0.2, 0) is 10.0 Å². The molecule has 0 radical (unpaired) electrons. The Hall–Kier alpha value is -1.23. The summed E-state index contributed by atoms with van der Waals surface area (Å²) in [4.78, 5) is 0. The van der Waals surface area contributed by atoms with Gasteiger partial charge in [-0.25, -0.2) is 8.42 Å². The van der Waals surface area contributed by atoms with E-state index in [1.54, 1.807) is 6.07 Å². The van der Waals surface area contributed by atoms with E-state index in [1.807, 2.05) is 19.1 Å². The fraction of sp³-hybridized carbons (Fsp3) is 0.538. The molecule has 0 fully saturated rings. The van der Waals surface area contributed by atoms with Gasteiger partial charge in [-0.3, -0.25) is 4.72 Å². The summed E-state index contributed by atoms with van der Waals surface area (Å²) in [6, 6.07) is 5.63. The van der Waals surface area contributed by atoms with Crippen molar-refractivity contribution in [3.05, 3.63) is 23.8 Å². The highest BCUT2D eigenvalue weighted by Crippen LogP contribution is 2.20. The Morgan fingerprint density at radius 3 is 2.50 bits per heavy atom. The van der Waals surface area contributed by atoms with Crippen molar-refractivity contribution in [2.75, 3.05) is 22.8 Å². The second-order valence-electron chi connectivity index (χ2n) is 4.80. The lowest BCUT2D eigenvalue weighted by Gasteiger charge is -2.13. The number of benzene rings is 1. The van der Waals surface area contributed by atoms with Crippen molar-refractivity contribution >= 4 is 21.4 Å². The molecule has 0 aliphatic heterocycles. The molecular weight excluding hydrogens is 248 g/mol. The molecule has 18 heavy (non-hydrogen) atoms. The average molecular weight is 270 g/mol. The fourth-order valence-corrected chi connectivity index (χ4v) is 2.15. The zero-order chi connectivity index (χ0) is 13.8. The Morgan fingerprint density at radius 2 is 2.00 bits per heavy atom. The van der Waals surface area contributed by atoms with Gasteiger partial charge in [-0.05, 0) is 36.6 Å². The number of hydrogen-bond acceptors (Lipinski definition) is 3. The predicted molar refractivity (Wildman–Crippen MR) is 77.6 cm³/mol. The van der Waals surface area contributed by atoms with Crippen molar-refractivity contribution < 1.29 is 8.42 Å². The van der Waals surface area contributed by atoms with Gasteiger partial charge in [0.2, 0.25) is 10.0 Å². The van der Waals surface area contributed by atoms with E-state index in [0.29, 0.717) is 11.6 Å². The molecule has 1 aromatic rings. The maximum Gasteiger partial charge on any atom is 0.229 e. The zero-order valence-corrected chi connectivity index (χ0v) is 12.3. The molecule has 102 valence electrons. The number of nitrogens with one attached hydrogen (secondary N) is 2. The van der Waals surface area contributed by atoms with Gasteiger partial charge in [0.05, 0.1) is 11.9 Å². The van der Waals surface area contributed by atoms with Crippen LogP contribution in [0.25, 0.3) is 0 Å². The third kappa shape index (κ3) is 4.96. The molecule has 1 rings (SSSR count). The van der Waals surface area contributed by atoms with Crippen LogP contribution in [0.2, 0.25) is 0 Å². The summed E-state index contributed by atoms with van der Waals surface area (Å²) in [7, 11) is -3.21. The third-order valence-corrected chi connectivity index (χ3v) is 3.46. The second kappa shape index (κ2) is 6.09. The molecule has 0 aliphatic carbocycles. The smallest absolute Gasteiger partial charge is 0.229 e. The normalized spacial score (nSPS) is 13.1. The lowest BCUT2D eigenvalue weighted by Crippen LogP contribution is -2.12. The van der Waals surface area contributed by atoms with Gasteiger partial charge in [0.15, 0.2) is 0 Å². The summed E-state index contributed by atoms with van der Waals surface area (Å²) >= 11 is 0. The first-order valence-corrected chi connectivity index (χ1v) is 8.03.